The van der Waals surface area contributed by atoms with Crippen molar-refractivity contribution in [3.8, 4) is 0 Å². The molecule has 0 spiro atoms. The number of hydrogen-bond donors (Lipinski definition) is 1. The van der Waals surface area contributed by atoms with E-state index in [9.17, 15) is 17.6 Å². The largest absolute Gasteiger partial charge is 0.352 e. The Bertz CT molecular complexity index is 1100. The number of nitrogens with one attached hydrogen (secondary N) is 1. The second kappa shape index (κ2) is 13.9. The Hall–Kier alpha value is -2.84. The first kappa shape index (κ1) is 28.4. The molecule has 0 radical (unpaired) electrons. The second-order valence-electron chi connectivity index (χ2n) is 8.54. The van der Waals surface area contributed by atoms with Crippen molar-refractivity contribution in [2.24, 2.45) is 10.9 Å². The third-order valence-electron chi connectivity index (χ3n) is 5.87. The molecular weight excluding hydrogens is 465 g/mol. The molecule has 0 bridgehead atoms. The number of halogens is 1. The maximum atomic E-state index is 13.1. The van der Waals surface area contributed by atoms with Gasteiger partial charge in [0.1, 0.15) is 5.82 Å². The van der Waals surface area contributed by atoms with Gasteiger partial charge in [0.05, 0.1) is 12.0 Å². The maximum Gasteiger partial charge on any atom is 0.244 e. The van der Waals surface area contributed by atoms with Crippen molar-refractivity contribution in [3.63, 3.8) is 0 Å². The summed E-state index contributed by atoms with van der Waals surface area (Å²) in [6.45, 7) is 6.42. The number of hydrogen-bond acceptors (Lipinski definition) is 4. The van der Waals surface area contributed by atoms with Gasteiger partial charge in [-0.05, 0) is 61.4 Å². The SMILES string of the molecule is CC=C(C=CCc1ccc(F)cc1)C1=NC=CCCC(N(CC)S(C)(=O)=O)C(C)CNC(=O)C=C1. The highest BCUT2D eigenvalue weighted by Gasteiger charge is 2.29. The summed E-state index contributed by atoms with van der Waals surface area (Å²) < 4.78 is 39.2. The van der Waals surface area contributed by atoms with Gasteiger partial charge in [-0.2, -0.15) is 4.31 Å². The monoisotopic (exact) mass is 501 g/mol. The standard InChI is InChI=1S/C27H36FN3O3S/c1-5-23(11-9-10-22-13-15-24(28)16-14-22)25-17-18-27(32)30-20-21(3)26(12-7-8-19-29-25)31(6-2)35(4,33)34/h5,8-9,11,13-19,21,26H,6-7,10,12,20H2,1-4H3,(H,30,32). The summed E-state index contributed by atoms with van der Waals surface area (Å²) in [6.07, 6.45) is 15.7. The van der Waals surface area contributed by atoms with Crippen molar-refractivity contribution >= 4 is 21.6 Å². The molecule has 1 aromatic rings. The lowest BCUT2D eigenvalue weighted by Gasteiger charge is -2.33. The van der Waals surface area contributed by atoms with E-state index in [1.54, 1.807) is 24.4 Å². The van der Waals surface area contributed by atoms with Crippen molar-refractivity contribution in [3.05, 3.63) is 83.9 Å². The average molecular weight is 502 g/mol. The molecule has 8 heteroatoms. The van der Waals surface area contributed by atoms with Gasteiger partial charge in [0.15, 0.2) is 0 Å². The van der Waals surface area contributed by atoms with Crippen LogP contribution in [0.3, 0.4) is 0 Å². The number of amides is 1. The topological polar surface area (TPSA) is 78.8 Å². The van der Waals surface area contributed by atoms with Crippen molar-refractivity contribution in [1.29, 1.82) is 0 Å². The second-order valence-corrected chi connectivity index (χ2v) is 10.5. The van der Waals surface area contributed by atoms with Crippen molar-refractivity contribution < 1.29 is 17.6 Å². The van der Waals surface area contributed by atoms with E-state index in [1.807, 2.05) is 45.1 Å². The number of aliphatic imine (C=N–C) groups is 1. The van der Waals surface area contributed by atoms with Gasteiger partial charge in [-0.1, -0.05) is 50.3 Å². The number of carbonyl (C=O) groups excluding carboxylic acids is 1. The molecule has 2 atom stereocenters. The van der Waals surface area contributed by atoms with Gasteiger partial charge < -0.3 is 5.32 Å². The quantitative estimate of drug-likeness (QED) is 0.556. The van der Waals surface area contributed by atoms with Crippen LogP contribution in [0.25, 0.3) is 0 Å². The first-order valence-electron chi connectivity index (χ1n) is 11.9. The fourth-order valence-corrected chi connectivity index (χ4v) is 5.27. The van der Waals surface area contributed by atoms with Gasteiger partial charge in [-0.3, -0.25) is 9.79 Å². The van der Waals surface area contributed by atoms with E-state index in [2.05, 4.69) is 10.3 Å². The minimum atomic E-state index is -3.37. The predicted molar refractivity (Wildman–Crippen MR) is 141 cm³/mol. The zero-order valence-corrected chi connectivity index (χ0v) is 21.8. The normalized spacial score (nSPS) is 20.8. The molecule has 1 aliphatic heterocycles. The van der Waals surface area contributed by atoms with E-state index in [1.165, 1.54) is 28.8 Å². The highest BCUT2D eigenvalue weighted by atomic mass is 32.2. The lowest BCUT2D eigenvalue weighted by Crippen LogP contribution is -2.46. The maximum absolute atomic E-state index is 13.1. The number of allylic oxidation sites excluding steroid dienone is 6. The van der Waals surface area contributed by atoms with Gasteiger partial charge in [0, 0.05) is 31.4 Å². The van der Waals surface area contributed by atoms with Crippen LogP contribution in [0.5, 0.6) is 0 Å². The first-order valence-corrected chi connectivity index (χ1v) is 13.7. The lowest BCUT2D eigenvalue weighted by molar-refractivity contribution is -0.116. The Morgan fingerprint density at radius 3 is 2.60 bits per heavy atom. The summed E-state index contributed by atoms with van der Waals surface area (Å²) in [5.74, 6) is -0.586. The summed E-state index contributed by atoms with van der Waals surface area (Å²) in [5.41, 5.74) is 2.46. The molecule has 35 heavy (non-hydrogen) atoms. The molecule has 0 aliphatic carbocycles. The van der Waals surface area contributed by atoms with Crippen LogP contribution >= 0.6 is 0 Å². The number of sulfonamides is 1. The van der Waals surface area contributed by atoms with Gasteiger partial charge in [-0.15, -0.1) is 0 Å². The molecule has 1 N–H and O–H groups in total. The van der Waals surface area contributed by atoms with Crippen LogP contribution in [0.15, 0.2) is 77.5 Å². The van der Waals surface area contributed by atoms with E-state index in [0.29, 0.717) is 38.1 Å². The van der Waals surface area contributed by atoms with Crippen LogP contribution in [-0.4, -0.2) is 49.7 Å². The zero-order chi connectivity index (χ0) is 25.8. The number of nitrogens with zero attached hydrogens (tertiary/aromatic N) is 2. The average Bonchev–Trinajstić information content (AvgIpc) is 2.82. The first-order chi connectivity index (χ1) is 16.7. The van der Waals surface area contributed by atoms with E-state index in [-0.39, 0.29) is 23.7 Å². The summed E-state index contributed by atoms with van der Waals surface area (Å²) in [6, 6.07) is 6.14. The number of carbonyl (C=O) groups is 1. The summed E-state index contributed by atoms with van der Waals surface area (Å²) in [4.78, 5) is 17.0. The Kier molecular flexibility index (Phi) is 11.3. The van der Waals surface area contributed by atoms with Crippen LogP contribution in [0, 0.1) is 11.7 Å². The van der Waals surface area contributed by atoms with Crippen molar-refractivity contribution in [2.45, 2.75) is 46.1 Å². The van der Waals surface area contributed by atoms with Crippen LogP contribution in [0.2, 0.25) is 0 Å². The summed E-state index contributed by atoms with van der Waals surface area (Å²) in [5, 5.41) is 2.89. The molecule has 190 valence electrons. The van der Waals surface area contributed by atoms with E-state index < -0.39 is 10.0 Å². The van der Waals surface area contributed by atoms with Crippen LogP contribution in [0.1, 0.15) is 39.2 Å². The Balaban J connectivity index is 2.23. The minimum absolute atomic E-state index is 0.0583. The molecule has 0 fully saturated rings. The molecule has 1 aromatic carbocycles. The fourth-order valence-electron chi connectivity index (χ4n) is 4.00. The molecule has 6 nitrogen and oxygen atoms in total. The summed E-state index contributed by atoms with van der Waals surface area (Å²) in [7, 11) is -3.37. The van der Waals surface area contributed by atoms with Crippen LogP contribution in [-0.2, 0) is 21.2 Å². The number of rotatable bonds is 7. The van der Waals surface area contributed by atoms with Gasteiger partial charge >= 0.3 is 0 Å². The van der Waals surface area contributed by atoms with Crippen molar-refractivity contribution in [2.75, 3.05) is 19.3 Å². The van der Waals surface area contributed by atoms with Crippen LogP contribution in [0.4, 0.5) is 4.39 Å². The zero-order valence-electron chi connectivity index (χ0n) is 20.9. The smallest absolute Gasteiger partial charge is 0.244 e. The molecule has 2 rings (SSSR count). The number of benzene rings is 1. The van der Waals surface area contributed by atoms with E-state index >= 15 is 0 Å². The minimum Gasteiger partial charge on any atom is -0.352 e. The van der Waals surface area contributed by atoms with E-state index in [4.69, 9.17) is 0 Å². The predicted octanol–water partition coefficient (Wildman–Crippen LogP) is 4.58. The van der Waals surface area contributed by atoms with Crippen molar-refractivity contribution in [1.82, 2.24) is 9.62 Å². The molecule has 0 saturated carbocycles. The van der Waals surface area contributed by atoms with Gasteiger partial charge in [0.25, 0.3) is 0 Å². The molecule has 0 saturated heterocycles. The summed E-state index contributed by atoms with van der Waals surface area (Å²) >= 11 is 0. The lowest BCUT2D eigenvalue weighted by atomic mass is 9.97. The molecule has 1 aliphatic rings. The third kappa shape index (κ3) is 9.38. The molecule has 1 amide bonds. The molecule has 1 heterocycles. The van der Waals surface area contributed by atoms with Gasteiger partial charge in [0.2, 0.25) is 15.9 Å². The highest BCUT2D eigenvalue weighted by Crippen LogP contribution is 2.20. The van der Waals surface area contributed by atoms with E-state index in [0.717, 1.165) is 11.1 Å². The molecular formula is C27H36FN3O3S. The Labute approximate surface area is 209 Å². The highest BCUT2D eigenvalue weighted by molar-refractivity contribution is 7.88. The molecule has 2 unspecified atom stereocenters. The Morgan fingerprint density at radius 1 is 1.26 bits per heavy atom. The van der Waals surface area contributed by atoms with Crippen LogP contribution < -0.4 is 5.32 Å². The third-order valence-corrected chi connectivity index (χ3v) is 7.26. The Morgan fingerprint density at radius 2 is 1.97 bits per heavy atom. The molecule has 0 aromatic heterocycles. The van der Waals surface area contributed by atoms with Gasteiger partial charge in [-0.25, -0.2) is 12.8 Å². The fraction of sp³-hybridized carbons (Fsp3) is 0.407.